The summed E-state index contributed by atoms with van der Waals surface area (Å²) in [6, 6.07) is 12.2. The van der Waals surface area contributed by atoms with Crippen LogP contribution in [-0.4, -0.2) is 16.5 Å². The van der Waals surface area contributed by atoms with E-state index in [0.29, 0.717) is 0 Å². The van der Waals surface area contributed by atoms with Gasteiger partial charge in [0.25, 0.3) is 0 Å². The third-order valence-electron chi connectivity index (χ3n) is 3.24. The minimum Gasteiger partial charge on any atom is -0.384 e. The largest absolute Gasteiger partial charge is 0.384 e. The second kappa shape index (κ2) is 6.22. The second-order valence-electron chi connectivity index (χ2n) is 4.89. The molecule has 0 saturated heterocycles. The Morgan fingerprint density at radius 3 is 2.86 bits per heavy atom. The van der Waals surface area contributed by atoms with Crippen LogP contribution in [0.5, 0.6) is 0 Å². The normalized spacial score (nSPS) is 10.5. The number of fused-ring (bicyclic) bond motifs is 1. The van der Waals surface area contributed by atoms with Gasteiger partial charge in [-0.3, -0.25) is 9.97 Å². The van der Waals surface area contributed by atoms with E-state index in [2.05, 4.69) is 45.7 Å². The van der Waals surface area contributed by atoms with Gasteiger partial charge in [0.05, 0.1) is 29.3 Å². The maximum absolute atomic E-state index is 4.37. The molecule has 0 amide bonds. The van der Waals surface area contributed by atoms with E-state index in [1.165, 1.54) is 0 Å². The number of nitrogens with zero attached hydrogens (tertiary/aromatic N) is 2. The zero-order chi connectivity index (χ0) is 14.5. The lowest BCUT2D eigenvalue weighted by molar-refractivity contribution is 0.978. The van der Waals surface area contributed by atoms with Crippen LogP contribution in [0.3, 0.4) is 0 Å². The molecule has 0 aliphatic rings. The van der Waals surface area contributed by atoms with E-state index >= 15 is 0 Å². The predicted octanol–water partition coefficient (Wildman–Crippen LogP) is 4.20. The molecular weight excluding hydrogens is 260 g/mol. The molecular formula is C17H18N4. The van der Waals surface area contributed by atoms with Crippen molar-refractivity contribution in [2.75, 3.05) is 17.2 Å². The van der Waals surface area contributed by atoms with Crippen LogP contribution in [0.1, 0.15) is 13.3 Å². The van der Waals surface area contributed by atoms with Crippen LogP contribution in [0, 0.1) is 0 Å². The van der Waals surface area contributed by atoms with Crippen LogP contribution >= 0.6 is 0 Å². The maximum Gasteiger partial charge on any atom is 0.0722 e. The highest BCUT2D eigenvalue weighted by atomic mass is 14.9. The van der Waals surface area contributed by atoms with Crippen molar-refractivity contribution in [2.45, 2.75) is 13.3 Å². The molecule has 0 bridgehead atoms. The maximum atomic E-state index is 4.37. The van der Waals surface area contributed by atoms with Gasteiger partial charge in [-0.25, -0.2) is 0 Å². The average molecular weight is 278 g/mol. The van der Waals surface area contributed by atoms with E-state index in [1.807, 2.05) is 36.8 Å². The summed E-state index contributed by atoms with van der Waals surface area (Å²) >= 11 is 0. The molecule has 0 saturated carbocycles. The third kappa shape index (κ3) is 3.11. The fourth-order valence-corrected chi connectivity index (χ4v) is 2.24. The van der Waals surface area contributed by atoms with Gasteiger partial charge in [-0.15, -0.1) is 0 Å². The van der Waals surface area contributed by atoms with Gasteiger partial charge in [0.1, 0.15) is 0 Å². The smallest absolute Gasteiger partial charge is 0.0722 e. The first-order chi connectivity index (χ1) is 10.4. The first-order valence-corrected chi connectivity index (χ1v) is 7.16. The van der Waals surface area contributed by atoms with Gasteiger partial charge in [0.2, 0.25) is 0 Å². The number of rotatable bonds is 5. The molecule has 0 fully saturated rings. The molecule has 1 aromatic carbocycles. The molecule has 4 nitrogen and oxygen atoms in total. The highest BCUT2D eigenvalue weighted by Crippen LogP contribution is 2.25. The van der Waals surface area contributed by atoms with Gasteiger partial charge in [-0.05, 0) is 36.8 Å². The van der Waals surface area contributed by atoms with E-state index < -0.39 is 0 Å². The van der Waals surface area contributed by atoms with Gasteiger partial charge in [0.15, 0.2) is 0 Å². The van der Waals surface area contributed by atoms with Gasteiger partial charge in [0, 0.05) is 23.8 Å². The molecule has 21 heavy (non-hydrogen) atoms. The van der Waals surface area contributed by atoms with E-state index in [-0.39, 0.29) is 0 Å². The van der Waals surface area contributed by atoms with Crippen molar-refractivity contribution in [2.24, 2.45) is 0 Å². The van der Waals surface area contributed by atoms with E-state index in [9.17, 15) is 0 Å². The molecule has 3 rings (SSSR count). The van der Waals surface area contributed by atoms with Crippen molar-refractivity contribution < 1.29 is 0 Å². The topological polar surface area (TPSA) is 49.8 Å². The van der Waals surface area contributed by atoms with Crippen LogP contribution < -0.4 is 10.6 Å². The molecule has 3 aromatic rings. The number of hydrogen-bond acceptors (Lipinski definition) is 4. The number of pyridine rings is 2. The first-order valence-electron chi connectivity index (χ1n) is 7.16. The van der Waals surface area contributed by atoms with Gasteiger partial charge >= 0.3 is 0 Å². The lowest BCUT2D eigenvalue weighted by atomic mass is 10.2. The molecule has 0 aliphatic heterocycles. The highest BCUT2D eigenvalue weighted by Gasteiger charge is 2.02. The molecule has 0 radical (unpaired) electrons. The predicted molar refractivity (Wildman–Crippen MR) is 88.0 cm³/mol. The number of benzene rings is 1. The zero-order valence-corrected chi connectivity index (χ0v) is 12.0. The Morgan fingerprint density at radius 1 is 1.05 bits per heavy atom. The third-order valence-corrected chi connectivity index (χ3v) is 3.24. The summed E-state index contributed by atoms with van der Waals surface area (Å²) in [6.45, 7) is 3.09. The first kappa shape index (κ1) is 13.4. The minimum absolute atomic E-state index is 0.948. The Kier molecular flexibility index (Phi) is 3.96. The monoisotopic (exact) mass is 278 g/mol. The van der Waals surface area contributed by atoms with E-state index in [1.54, 1.807) is 0 Å². The van der Waals surface area contributed by atoms with Gasteiger partial charge < -0.3 is 10.6 Å². The van der Waals surface area contributed by atoms with Crippen LogP contribution in [0.2, 0.25) is 0 Å². The van der Waals surface area contributed by atoms with E-state index in [4.69, 9.17) is 0 Å². The van der Waals surface area contributed by atoms with Crippen LogP contribution in [0.4, 0.5) is 17.1 Å². The Bertz CT molecular complexity index is 734. The van der Waals surface area contributed by atoms with Crippen LogP contribution in [0.25, 0.3) is 10.9 Å². The van der Waals surface area contributed by atoms with Crippen LogP contribution in [0.15, 0.2) is 55.0 Å². The summed E-state index contributed by atoms with van der Waals surface area (Å²) in [5.74, 6) is 0. The standard InChI is InChI=1S/C17H18N4/c1-2-8-19-13-10-14(12-18-11-13)21-17-7-3-6-16-15(17)5-4-9-20-16/h3-7,9-12,19,21H,2,8H2,1H3. The fourth-order valence-electron chi connectivity index (χ4n) is 2.24. The number of aromatic nitrogens is 2. The Labute approximate surface area is 124 Å². The second-order valence-corrected chi connectivity index (χ2v) is 4.89. The Hall–Kier alpha value is -2.62. The number of hydrogen-bond donors (Lipinski definition) is 2. The zero-order valence-electron chi connectivity index (χ0n) is 12.0. The Morgan fingerprint density at radius 2 is 1.95 bits per heavy atom. The van der Waals surface area contributed by atoms with E-state index in [0.717, 1.165) is 40.9 Å². The molecule has 106 valence electrons. The molecule has 4 heteroatoms. The van der Waals surface area contributed by atoms with Crippen molar-refractivity contribution in [3.63, 3.8) is 0 Å². The van der Waals surface area contributed by atoms with Gasteiger partial charge in [-0.2, -0.15) is 0 Å². The molecule has 0 aliphatic carbocycles. The van der Waals surface area contributed by atoms with Crippen molar-refractivity contribution in [3.8, 4) is 0 Å². The average Bonchev–Trinajstić information content (AvgIpc) is 2.54. The highest BCUT2D eigenvalue weighted by molar-refractivity contribution is 5.93. The summed E-state index contributed by atoms with van der Waals surface area (Å²) in [4.78, 5) is 8.65. The van der Waals surface area contributed by atoms with Crippen molar-refractivity contribution in [1.82, 2.24) is 9.97 Å². The molecule has 2 N–H and O–H groups in total. The summed E-state index contributed by atoms with van der Waals surface area (Å²) < 4.78 is 0. The number of anilines is 3. The van der Waals surface area contributed by atoms with Crippen molar-refractivity contribution in [3.05, 3.63) is 55.0 Å². The SMILES string of the molecule is CCCNc1cncc(Nc2cccc3ncccc23)c1. The summed E-state index contributed by atoms with van der Waals surface area (Å²) in [6.07, 6.45) is 6.56. The van der Waals surface area contributed by atoms with Gasteiger partial charge in [-0.1, -0.05) is 13.0 Å². The molecule has 2 aromatic heterocycles. The molecule has 2 heterocycles. The summed E-state index contributed by atoms with van der Waals surface area (Å²) in [5.41, 5.74) is 4.01. The molecule has 0 atom stereocenters. The lowest BCUT2D eigenvalue weighted by Gasteiger charge is -2.11. The molecule has 0 unspecified atom stereocenters. The summed E-state index contributed by atoms with van der Waals surface area (Å²) in [7, 11) is 0. The van der Waals surface area contributed by atoms with Crippen molar-refractivity contribution >= 4 is 28.0 Å². The number of nitrogens with one attached hydrogen (secondary N) is 2. The summed E-state index contributed by atoms with van der Waals surface area (Å²) in [5, 5.41) is 7.87. The van der Waals surface area contributed by atoms with Crippen molar-refractivity contribution in [1.29, 1.82) is 0 Å². The fraction of sp³-hybridized carbons (Fsp3) is 0.176. The van der Waals surface area contributed by atoms with Crippen LogP contribution in [-0.2, 0) is 0 Å². The quantitative estimate of drug-likeness (QED) is 0.734. The minimum atomic E-state index is 0.948. The lowest BCUT2D eigenvalue weighted by Crippen LogP contribution is -2.01. The Balaban J connectivity index is 1.88. The molecule has 0 spiro atoms.